The van der Waals surface area contributed by atoms with Gasteiger partial charge in [-0.1, -0.05) is 65.0 Å². The lowest BCUT2D eigenvalue weighted by molar-refractivity contribution is 0.866. The molecule has 0 radical (unpaired) electrons. The van der Waals surface area contributed by atoms with Gasteiger partial charge in [-0.2, -0.15) is 0 Å². The van der Waals surface area contributed by atoms with Crippen molar-refractivity contribution in [2.45, 2.75) is 26.2 Å². The molecule has 0 nitrogen and oxygen atoms in total. The normalized spacial score (nSPS) is 25.5. The summed E-state index contributed by atoms with van der Waals surface area (Å²) in [5.41, 5.74) is 2.26. The van der Waals surface area contributed by atoms with Crippen LogP contribution in [0, 0.1) is 0 Å². The van der Waals surface area contributed by atoms with Crippen LogP contribution >= 0.6 is 15.9 Å². The first-order chi connectivity index (χ1) is 8.24. The van der Waals surface area contributed by atoms with Crippen molar-refractivity contribution in [2.24, 2.45) is 0 Å². The summed E-state index contributed by atoms with van der Waals surface area (Å²) in [7, 11) is 0. The zero-order chi connectivity index (χ0) is 12.5. The van der Waals surface area contributed by atoms with Gasteiger partial charge in [0.05, 0.1) is 0 Å². The monoisotopic (exact) mass is 290 g/mol. The molecule has 1 heteroatoms. The number of halogens is 1. The van der Waals surface area contributed by atoms with Crippen LogP contribution < -0.4 is 0 Å². The van der Waals surface area contributed by atoms with E-state index < -0.39 is 0 Å². The van der Waals surface area contributed by atoms with Gasteiger partial charge in [-0.3, -0.25) is 0 Å². The van der Waals surface area contributed by atoms with E-state index in [-0.39, 0.29) is 0 Å². The number of allylic oxidation sites excluding steroid dienone is 11. The van der Waals surface area contributed by atoms with Crippen LogP contribution in [0.5, 0.6) is 0 Å². The predicted octanol–water partition coefficient (Wildman–Crippen LogP) is 5.62. The van der Waals surface area contributed by atoms with E-state index in [4.69, 9.17) is 0 Å². The van der Waals surface area contributed by atoms with Gasteiger partial charge < -0.3 is 0 Å². The molecule has 0 fully saturated rings. The maximum Gasteiger partial charge on any atom is 0.0135 e. The second kappa shape index (κ2) is 8.08. The van der Waals surface area contributed by atoms with E-state index in [9.17, 15) is 0 Å². The van der Waals surface area contributed by atoms with Gasteiger partial charge in [-0.25, -0.2) is 0 Å². The van der Waals surface area contributed by atoms with Gasteiger partial charge in [0.15, 0.2) is 0 Å². The molecular weight excluding hydrogens is 272 g/mol. The Morgan fingerprint density at radius 1 is 1.24 bits per heavy atom. The van der Waals surface area contributed by atoms with Crippen molar-refractivity contribution < 1.29 is 0 Å². The van der Waals surface area contributed by atoms with Gasteiger partial charge in [-0.05, 0) is 43.4 Å². The van der Waals surface area contributed by atoms with Crippen LogP contribution in [0.15, 0.2) is 70.8 Å². The van der Waals surface area contributed by atoms with Crippen molar-refractivity contribution in [1.82, 2.24) is 0 Å². The third-order valence-corrected chi connectivity index (χ3v) is 3.09. The lowest BCUT2D eigenvalue weighted by Crippen LogP contribution is -1.81. The van der Waals surface area contributed by atoms with E-state index in [1.807, 2.05) is 31.2 Å². The minimum atomic E-state index is 1.06. The molecule has 1 rings (SSSR count). The molecule has 1 aliphatic rings. The Morgan fingerprint density at radius 3 is 2.76 bits per heavy atom. The van der Waals surface area contributed by atoms with E-state index in [1.54, 1.807) is 0 Å². The molecule has 0 aliphatic heterocycles. The summed E-state index contributed by atoms with van der Waals surface area (Å²) in [5.74, 6) is 0. The second-order valence-electron chi connectivity index (χ2n) is 3.92. The van der Waals surface area contributed by atoms with Gasteiger partial charge in [0.25, 0.3) is 0 Å². The summed E-state index contributed by atoms with van der Waals surface area (Å²) in [6.07, 6.45) is 20.2. The Morgan fingerprint density at radius 2 is 2.00 bits per heavy atom. The molecular formula is C16H19Br. The zero-order valence-corrected chi connectivity index (χ0v) is 11.9. The highest BCUT2D eigenvalue weighted by molar-refractivity contribution is 9.11. The highest BCUT2D eigenvalue weighted by atomic mass is 79.9. The Kier molecular flexibility index (Phi) is 6.64. The van der Waals surface area contributed by atoms with Crippen LogP contribution in [-0.2, 0) is 0 Å². The number of hydrogen-bond donors (Lipinski definition) is 0. The summed E-state index contributed by atoms with van der Waals surface area (Å²) in [5, 5.41) is 0. The third-order valence-electron chi connectivity index (χ3n) is 2.51. The van der Waals surface area contributed by atoms with Crippen molar-refractivity contribution in [1.29, 1.82) is 0 Å². The van der Waals surface area contributed by atoms with Crippen LogP contribution in [0.3, 0.4) is 0 Å². The predicted molar refractivity (Wildman–Crippen MR) is 81.2 cm³/mol. The lowest BCUT2D eigenvalue weighted by atomic mass is 10.0. The summed E-state index contributed by atoms with van der Waals surface area (Å²) in [4.78, 5) is 0. The van der Waals surface area contributed by atoms with E-state index in [1.165, 1.54) is 12.0 Å². The van der Waals surface area contributed by atoms with Gasteiger partial charge in [0.1, 0.15) is 0 Å². The fraction of sp³-hybridized carbons (Fsp3) is 0.250. The first-order valence-corrected chi connectivity index (χ1v) is 6.76. The molecule has 1 aliphatic carbocycles. The highest BCUT2D eigenvalue weighted by Crippen LogP contribution is 2.19. The summed E-state index contributed by atoms with van der Waals surface area (Å²) < 4.78 is 1.15. The van der Waals surface area contributed by atoms with Crippen LogP contribution in [0.4, 0.5) is 0 Å². The molecule has 0 aromatic heterocycles. The molecule has 0 bridgehead atoms. The molecule has 0 amide bonds. The molecule has 0 saturated carbocycles. The van der Waals surface area contributed by atoms with Gasteiger partial charge in [-0.15, -0.1) is 0 Å². The molecule has 0 saturated heterocycles. The van der Waals surface area contributed by atoms with E-state index in [2.05, 4.69) is 46.8 Å². The molecule has 0 unspecified atom stereocenters. The van der Waals surface area contributed by atoms with Crippen LogP contribution in [0.25, 0.3) is 0 Å². The molecule has 0 heterocycles. The van der Waals surface area contributed by atoms with Crippen LogP contribution in [-0.4, -0.2) is 0 Å². The standard InChI is InChI=1S/C16H19Br/c1-3-4-6-9-14(2)15-10-7-5-8-11-16(17)13-12-15/h3-4,6,9-13H,2,5,7-8H2,1H3/b4-3-,9-6-,13-12-,15-10+,16-11-. The average molecular weight is 291 g/mol. The number of hydrogen-bond acceptors (Lipinski definition) is 0. The van der Waals surface area contributed by atoms with Crippen molar-refractivity contribution in [3.05, 3.63) is 70.8 Å². The van der Waals surface area contributed by atoms with E-state index >= 15 is 0 Å². The summed E-state index contributed by atoms with van der Waals surface area (Å²) in [6, 6.07) is 0. The Hall–Kier alpha value is -1.08. The zero-order valence-electron chi connectivity index (χ0n) is 10.3. The maximum absolute atomic E-state index is 4.10. The smallest absolute Gasteiger partial charge is 0.0135 e. The van der Waals surface area contributed by atoms with Crippen molar-refractivity contribution in [2.75, 3.05) is 0 Å². The molecule has 0 aromatic carbocycles. The van der Waals surface area contributed by atoms with E-state index in [0.717, 1.165) is 22.9 Å². The van der Waals surface area contributed by atoms with Crippen molar-refractivity contribution in [3.63, 3.8) is 0 Å². The molecule has 0 N–H and O–H groups in total. The van der Waals surface area contributed by atoms with Crippen molar-refractivity contribution in [3.8, 4) is 0 Å². The molecule has 90 valence electrons. The van der Waals surface area contributed by atoms with Crippen LogP contribution in [0.2, 0.25) is 0 Å². The highest BCUT2D eigenvalue weighted by Gasteiger charge is 1.98. The lowest BCUT2D eigenvalue weighted by Gasteiger charge is -2.01. The largest absolute Gasteiger partial charge is 0.0912 e. The minimum absolute atomic E-state index is 1.06. The maximum atomic E-state index is 4.10. The fourth-order valence-electron chi connectivity index (χ4n) is 1.54. The third kappa shape index (κ3) is 5.69. The van der Waals surface area contributed by atoms with Crippen molar-refractivity contribution >= 4 is 15.9 Å². The molecule has 0 spiro atoms. The molecule has 17 heavy (non-hydrogen) atoms. The van der Waals surface area contributed by atoms with E-state index in [0.29, 0.717) is 0 Å². The Balaban J connectivity index is 2.79. The average Bonchev–Trinajstić information content (AvgIpc) is 2.42. The van der Waals surface area contributed by atoms with Gasteiger partial charge in [0.2, 0.25) is 0 Å². The summed E-state index contributed by atoms with van der Waals surface area (Å²) >= 11 is 3.54. The Labute approximate surface area is 113 Å². The van der Waals surface area contributed by atoms with Crippen LogP contribution in [0.1, 0.15) is 26.2 Å². The minimum Gasteiger partial charge on any atom is -0.0912 e. The first kappa shape index (κ1) is 14.0. The summed E-state index contributed by atoms with van der Waals surface area (Å²) in [6.45, 7) is 6.11. The topological polar surface area (TPSA) is 0 Å². The quantitative estimate of drug-likeness (QED) is 0.592. The second-order valence-corrected chi connectivity index (χ2v) is 4.84. The SMILES string of the molecule is C=C(/C=C\C=C/C)C1=C/CCC/C=C(Br)/C=C\1. The fourth-order valence-corrected chi connectivity index (χ4v) is 1.90. The number of rotatable bonds is 3. The Bertz CT molecular complexity index is 403. The van der Waals surface area contributed by atoms with Gasteiger partial charge in [0, 0.05) is 4.48 Å². The first-order valence-electron chi connectivity index (χ1n) is 5.96. The molecule has 0 atom stereocenters. The molecule has 0 aromatic rings. The van der Waals surface area contributed by atoms with Gasteiger partial charge >= 0.3 is 0 Å².